The predicted octanol–water partition coefficient (Wildman–Crippen LogP) is 2.46. The highest BCUT2D eigenvalue weighted by Gasteiger charge is 2.36. The summed E-state index contributed by atoms with van der Waals surface area (Å²) in [4.78, 5) is 38.6. The van der Waals surface area contributed by atoms with E-state index < -0.39 is 11.8 Å². The highest BCUT2D eigenvalue weighted by Crippen LogP contribution is 2.38. The number of methoxy groups -OCH3 is 2. The summed E-state index contributed by atoms with van der Waals surface area (Å²) in [5, 5.41) is 3.14. The maximum absolute atomic E-state index is 13.0. The van der Waals surface area contributed by atoms with E-state index in [1.807, 2.05) is 47.2 Å². The molecule has 0 spiro atoms. The minimum absolute atomic E-state index is 0.0890. The number of pyridine rings is 1. The summed E-state index contributed by atoms with van der Waals surface area (Å²) in [6.45, 7) is 0.557. The highest BCUT2D eigenvalue weighted by molar-refractivity contribution is 6.50. The van der Waals surface area contributed by atoms with Gasteiger partial charge in [-0.2, -0.15) is 4.98 Å². The lowest BCUT2D eigenvalue weighted by Crippen LogP contribution is -2.23. The molecule has 0 aliphatic carbocycles. The molecule has 2 amide bonds. The van der Waals surface area contributed by atoms with Crippen LogP contribution in [0.25, 0.3) is 22.2 Å². The first-order chi connectivity index (χ1) is 16.1. The molecule has 3 aromatic heterocycles. The quantitative estimate of drug-likeness (QED) is 0.458. The zero-order valence-corrected chi connectivity index (χ0v) is 17.9. The van der Waals surface area contributed by atoms with Crippen LogP contribution in [-0.4, -0.2) is 45.6 Å². The lowest BCUT2D eigenvalue weighted by Gasteiger charge is -2.09. The van der Waals surface area contributed by atoms with E-state index in [4.69, 9.17) is 9.47 Å². The van der Waals surface area contributed by atoms with Gasteiger partial charge in [0.1, 0.15) is 5.65 Å². The van der Waals surface area contributed by atoms with Crippen LogP contribution in [0.2, 0.25) is 0 Å². The lowest BCUT2D eigenvalue weighted by molar-refractivity contribution is -0.122. The van der Waals surface area contributed by atoms with Crippen molar-refractivity contribution in [3.05, 3.63) is 77.7 Å². The number of hydrogen-bond donors (Lipinski definition) is 1. The molecule has 4 aromatic rings. The molecule has 1 N–H and O–H groups in total. The number of amides is 2. The maximum atomic E-state index is 13.0. The molecule has 1 aliphatic heterocycles. The van der Waals surface area contributed by atoms with E-state index in [0.717, 1.165) is 10.9 Å². The zero-order chi connectivity index (χ0) is 22.9. The van der Waals surface area contributed by atoms with Crippen molar-refractivity contribution in [2.75, 3.05) is 14.2 Å². The Kier molecular flexibility index (Phi) is 5.06. The van der Waals surface area contributed by atoms with Gasteiger partial charge in [0.25, 0.3) is 11.8 Å². The molecule has 1 aromatic carbocycles. The van der Waals surface area contributed by atoms with Gasteiger partial charge in [0, 0.05) is 36.1 Å². The Labute approximate surface area is 188 Å². The van der Waals surface area contributed by atoms with Gasteiger partial charge in [-0.15, -0.1) is 0 Å². The third-order valence-electron chi connectivity index (χ3n) is 5.41. The van der Waals surface area contributed by atoms with Gasteiger partial charge in [-0.3, -0.25) is 14.9 Å². The summed E-state index contributed by atoms with van der Waals surface area (Å²) in [5.74, 6) is -0.921. The molecule has 9 nitrogen and oxygen atoms in total. The van der Waals surface area contributed by atoms with E-state index in [1.165, 1.54) is 20.4 Å². The second-order valence-corrected chi connectivity index (χ2v) is 7.34. The Morgan fingerprint density at radius 2 is 1.67 bits per heavy atom. The van der Waals surface area contributed by atoms with Crippen molar-refractivity contribution in [2.24, 2.45) is 0 Å². The monoisotopic (exact) mass is 441 g/mol. The molecule has 1 aliphatic rings. The number of rotatable bonds is 6. The van der Waals surface area contributed by atoms with Gasteiger partial charge in [0.15, 0.2) is 0 Å². The van der Waals surface area contributed by atoms with Crippen LogP contribution in [0.5, 0.6) is 11.9 Å². The topological polar surface area (TPSA) is 108 Å². The standard InChI is InChI=1S/C24H19N5O4/c1-32-23-16(11-26-24(28-23)33-2)18-19(22(31)27-21(18)30)17-13-29(12-14-7-4-3-5-8-14)20-15(17)9-6-10-25-20/h3-11,13H,12H2,1-2H3,(H,27,30,31). The van der Waals surface area contributed by atoms with E-state index in [-0.39, 0.29) is 23.0 Å². The van der Waals surface area contributed by atoms with Crippen molar-refractivity contribution < 1.29 is 19.1 Å². The Bertz CT molecular complexity index is 1430. The minimum Gasteiger partial charge on any atom is -0.480 e. The van der Waals surface area contributed by atoms with Crippen molar-refractivity contribution in [3.63, 3.8) is 0 Å². The van der Waals surface area contributed by atoms with Gasteiger partial charge in [0.05, 0.1) is 30.9 Å². The van der Waals surface area contributed by atoms with Crippen LogP contribution in [-0.2, 0) is 16.1 Å². The second-order valence-electron chi connectivity index (χ2n) is 7.34. The largest absolute Gasteiger partial charge is 0.480 e. The van der Waals surface area contributed by atoms with Crippen LogP contribution in [0.3, 0.4) is 0 Å². The molecule has 33 heavy (non-hydrogen) atoms. The number of carbonyl (C=O) groups is 2. The third-order valence-corrected chi connectivity index (χ3v) is 5.41. The average Bonchev–Trinajstić information content (AvgIpc) is 3.35. The fraction of sp³-hybridized carbons (Fsp3) is 0.125. The van der Waals surface area contributed by atoms with Crippen molar-refractivity contribution in [1.29, 1.82) is 0 Å². The molecule has 0 radical (unpaired) electrons. The van der Waals surface area contributed by atoms with Crippen molar-refractivity contribution in [1.82, 2.24) is 24.8 Å². The Hall–Kier alpha value is -4.53. The maximum Gasteiger partial charge on any atom is 0.319 e. The number of aromatic nitrogens is 4. The summed E-state index contributed by atoms with van der Waals surface area (Å²) < 4.78 is 12.4. The molecule has 0 bridgehead atoms. The Morgan fingerprint density at radius 3 is 2.39 bits per heavy atom. The lowest BCUT2D eigenvalue weighted by atomic mass is 9.97. The molecule has 0 unspecified atom stereocenters. The van der Waals surface area contributed by atoms with Crippen molar-refractivity contribution in [2.45, 2.75) is 6.54 Å². The Morgan fingerprint density at radius 1 is 0.909 bits per heavy atom. The van der Waals surface area contributed by atoms with E-state index >= 15 is 0 Å². The molecule has 0 saturated heterocycles. The first-order valence-corrected chi connectivity index (χ1v) is 10.1. The van der Waals surface area contributed by atoms with Crippen molar-refractivity contribution in [3.8, 4) is 11.9 Å². The van der Waals surface area contributed by atoms with E-state index in [9.17, 15) is 9.59 Å². The molecule has 0 atom stereocenters. The van der Waals surface area contributed by atoms with Crippen LogP contribution >= 0.6 is 0 Å². The normalized spacial score (nSPS) is 13.5. The van der Waals surface area contributed by atoms with Gasteiger partial charge in [-0.1, -0.05) is 30.3 Å². The van der Waals surface area contributed by atoms with E-state index in [0.29, 0.717) is 23.3 Å². The number of nitrogens with one attached hydrogen (secondary N) is 1. The number of benzene rings is 1. The molecule has 5 rings (SSSR count). The summed E-state index contributed by atoms with van der Waals surface area (Å²) in [7, 11) is 2.86. The Balaban J connectivity index is 1.73. The number of nitrogens with zero attached hydrogens (tertiary/aromatic N) is 4. The average molecular weight is 441 g/mol. The minimum atomic E-state index is -0.546. The van der Waals surface area contributed by atoms with Crippen LogP contribution in [0, 0.1) is 0 Å². The smallest absolute Gasteiger partial charge is 0.319 e. The first kappa shape index (κ1) is 20.4. The first-order valence-electron chi connectivity index (χ1n) is 10.1. The molecular weight excluding hydrogens is 422 g/mol. The molecule has 9 heteroatoms. The van der Waals surface area contributed by atoms with Gasteiger partial charge in [-0.25, -0.2) is 9.97 Å². The molecule has 164 valence electrons. The number of imide groups is 1. The second kappa shape index (κ2) is 8.19. The van der Waals surface area contributed by atoms with E-state index in [1.54, 1.807) is 12.3 Å². The fourth-order valence-electron chi connectivity index (χ4n) is 3.97. The fourth-order valence-corrected chi connectivity index (χ4v) is 3.97. The van der Waals surface area contributed by atoms with Crippen LogP contribution in [0.15, 0.2) is 61.1 Å². The van der Waals surface area contributed by atoms with Gasteiger partial charge < -0.3 is 14.0 Å². The van der Waals surface area contributed by atoms with Crippen LogP contribution < -0.4 is 14.8 Å². The number of carbonyl (C=O) groups excluding carboxylic acids is 2. The van der Waals surface area contributed by atoms with Crippen molar-refractivity contribution >= 4 is 34.0 Å². The van der Waals surface area contributed by atoms with Crippen LogP contribution in [0.4, 0.5) is 0 Å². The SMILES string of the molecule is COc1ncc(C2=C(c3cn(Cc4ccccc4)c4ncccc34)C(=O)NC2=O)c(OC)n1. The predicted molar refractivity (Wildman–Crippen MR) is 120 cm³/mol. The number of ether oxygens (including phenoxy) is 2. The van der Waals surface area contributed by atoms with Crippen LogP contribution in [0.1, 0.15) is 16.7 Å². The third kappa shape index (κ3) is 3.49. The molecule has 0 fully saturated rings. The van der Waals surface area contributed by atoms with Gasteiger partial charge in [-0.05, 0) is 17.7 Å². The molecular formula is C24H19N5O4. The summed E-state index contributed by atoms with van der Waals surface area (Å²) in [6, 6.07) is 13.7. The highest BCUT2D eigenvalue weighted by atomic mass is 16.5. The summed E-state index contributed by atoms with van der Waals surface area (Å²) >= 11 is 0. The van der Waals surface area contributed by atoms with Gasteiger partial charge in [0.2, 0.25) is 5.88 Å². The van der Waals surface area contributed by atoms with Gasteiger partial charge >= 0.3 is 6.01 Å². The molecule has 0 saturated carbocycles. The van der Waals surface area contributed by atoms with E-state index in [2.05, 4.69) is 20.3 Å². The zero-order valence-electron chi connectivity index (χ0n) is 17.9. The summed E-state index contributed by atoms with van der Waals surface area (Å²) in [6.07, 6.45) is 4.96. The molecule has 4 heterocycles. The summed E-state index contributed by atoms with van der Waals surface area (Å²) in [5.41, 5.74) is 3.03. The number of hydrogen-bond acceptors (Lipinski definition) is 7. The number of fused-ring (bicyclic) bond motifs is 1.